The Morgan fingerprint density at radius 2 is 2.11 bits per heavy atom. The molecule has 4 heteroatoms. The molecule has 3 aromatic rings. The predicted octanol–water partition coefficient (Wildman–Crippen LogP) is 4.13. The molecule has 1 aromatic carbocycles. The molecular weight excluding hydrogens is 254 g/mol. The van der Waals surface area contributed by atoms with E-state index in [-0.39, 0.29) is 0 Å². The third-order valence-corrected chi connectivity index (χ3v) is 4.46. The smallest absolute Gasteiger partial charge is 0.127 e. The van der Waals surface area contributed by atoms with Crippen LogP contribution >= 0.6 is 11.3 Å². The van der Waals surface area contributed by atoms with Crippen molar-refractivity contribution in [3.05, 3.63) is 47.5 Å². The lowest BCUT2D eigenvalue weighted by Crippen LogP contribution is -2.28. The normalized spacial score (nSPS) is 13.6. The first kappa shape index (κ1) is 10.8. The minimum Gasteiger partial charge on any atom is -0.366 e. The van der Waals surface area contributed by atoms with Crippen molar-refractivity contribution in [2.75, 3.05) is 16.9 Å². The summed E-state index contributed by atoms with van der Waals surface area (Å²) in [5.74, 6) is 0. The number of hydrogen-bond donors (Lipinski definition) is 1. The number of nitrogens with zero attached hydrogens (tertiary/aromatic N) is 2. The maximum absolute atomic E-state index is 4.45. The molecule has 0 spiro atoms. The van der Waals surface area contributed by atoms with Crippen molar-refractivity contribution in [3.63, 3.8) is 0 Å². The molecule has 0 radical (unpaired) electrons. The van der Waals surface area contributed by atoms with E-state index in [0.717, 1.165) is 11.5 Å². The third-order valence-electron chi connectivity index (χ3n) is 3.58. The quantitative estimate of drug-likeness (QED) is 0.718. The van der Waals surface area contributed by atoms with E-state index in [1.54, 1.807) is 11.3 Å². The number of rotatable bonds is 1. The first-order valence-electron chi connectivity index (χ1n) is 6.28. The van der Waals surface area contributed by atoms with E-state index in [0.29, 0.717) is 0 Å². The molecule has 0 amide bonds. The largest absolute Gasteiger partial charge is 0.366 e. The second kappa shape index (κ2) is 3.96. The van der Waals surface area contributed by atoms with E-state index < -0.39 is 0 Å². The zero-order valence-electron chi connectivity index (χ0n) is 10.6. The van der Waals surface area contributed by atoms with Crippen LogP contribution in [0, 0.1) is 6.92 Å². The zero-order chi connectivity index (χ0) is 12.8. The summed E-state index contributed by atoms with van der Waals surface area (Å²) >= 11 is 1.69. The molecule has 2 aromatic heterocycles. The highest BCUT2D eigenvalue weighted by molar-refractivity contribution is 7.17. The van der Waals surface area contributed by atoms with Gasteiger partial charge in [-0.1, -0.05) is 18.2 Å². The predicted molar refractivity (Wildman–Crippen MR) is 81.4 cm³/mol. The summed E-state index contributed by atoms with van der Waals surface area (Å²) in [5, 5.41) is 6.87. The van der Waals surface area contributed by atoms with E-state index in [2.05, 4.69) is 57.8 Å². The summed E-state index contributed by atoms with van der Waals surface area (Å²) in [6, 6.07) is 10.6. The molecule has 1 aliphatic rings. The van der Waals surface area contributed by atoms with E-state index in [1.165, 1.54) is 28.0 Å². The van der Waals surface area contributed by atoms with Crippen LogP contribution < -0.4 is 10.2 Å². The van der Waals surface area contributed by atoms with Gasteiger partial charge in [0.2, 0.25) is 0 Å². The summed E-state index contributed by atoms with van der Waals surface area (Å²) in [4.78, 5) is 7.86. The van der Waals surface area contributed by atoms with Crippen LogP contribution in [0.2, 0.25) is 0 Å². The monoisotopic (exact) mass is 267 g/mol. The molecule has 0 saturated heterocycles. The summed E-state index contributed by atoms with van der Waals surface area (Å²) in [7, 11) is 0. The van der Waals surface area contributed by atoms with Gasteiger partial charge in [0.1, 0.15) is 4.83 Å². The molecule has 4 rings (SSSR count). The van der Waals surface area contributed by atoms with Crippen LogP contribution in [0.15, 0.2) is 41.9 Å². The highest BCUT2D eigenvalue weighted by atomic mass is 32.1. The number of anilines is 3. The van der Waals surface area contributed by atoms with Crippen LogP contribution in [0.3, 0.4) is 0 Å². The highest BCUT2D eigenvalue weighted by Gasteiger charge is 2.21. The molecule has 19 heavy (non-hydrogen) atoms. The fourth-order valence-corrected chi connectivity index (χ4v) is 3.52. The number of pyridine rings is 1. The molecule has 0 bridgehead atoms. The fraction of sp³-hybridized carbons (Fsp3) is 0.133. The zero-order valence-corrected chi connectivity index (χ0v) is 11.4. The van der Waals surface area contributed by atoms with Gasteiger partial charge in [0.15, 0.2) is 0 Å². The number of aryl methyl sites for hydroxylation is 1. The van der Waals surface area contributed by atoms with Gasteiger partial charge in [-0.25, -0.2) is 4.98 Å². The van der Waals surface area contributed by atoms with Crippen molar-refractivity contribution >= 4 is 38.6 Å². The topological polar surface area (TPSA) is 28.2 Å². The second-order valence-electron chi connectivity index (χ2n) is 4.71. The number of nitrogens with one attached hydrogen (secondary N) is 1. The highest BCUT2D eigenvalue weighted by Crippen LogP contribution is 2.42. The second-order valence-corrected chi connectivity index (χ2v) is 5.57. The number of benzene rings is 1. The molecule has 0 saturated carbocycles. The Hall–Kier alpha value is -2.07. The van der Waals surface area contributed by atoms with Gasteiger partial charge in [0.25, 0.3) is 0 Å². The van der Waals surface area contributed by atoms with Crippen molar-refractivity contribution in [3.8, 4) is 0 Å². The van der Waals surface area contributed by atoms with Crippen LogP contribution in [0.1, 0.15) is 5.56 Å². The minimum atomic E-state index is 0.799. The van der Waals surface area contributed by atoms with Crippen molar-refractivity contribution < 1.29 is 0 Å². The van der Waals surface area contributed by atoms with Gasteiger partial charge in [-0.15, -0.1) is 11.3 Å². The molecular formula is C15H13N3S. The minimum absolute atomic E-state index is 0.799. The van der Waals surface area contributed by atoms with E-state index in [1.807, 2.05) is 6.20 Å². The van der Waals surface area contributed by atoms with Crippen LogP contribution in [0.25, 0.3) is 10.2 Å². The molecule has 3 nitrogen and oxygen atoms in total. The number of hydrogen-bond acceptors (Lipinski definition) is 4. The first-order valence-corrected chi connectivity index (χ1v) is 7.16. The summed E-state index contributed by atoms with van der Waals surface area (Å²) in [5.41, 5.74) is 4.98. The molecule has 94 valence electrons. The summed E-state index contributed by atoms with van der Waals surface area (Å²) in [6.45, 7) is 2.95. The van der Waals surface area contributed by atoms with Gasteiger partial charge >= 0.3 is 0 Å². The number of aromatic nitrogens is 1. The van der Waals surface area contributed by atoms with Gasteiger partial charge in [-0.3, -0.25) is 0 Å². The van der Waals surface area contributed by atoms with E-state index in [4.69, 9.17) is 0 Å². The van der Waals surface area contributed by atoms with Gasteiger partial charge in [-0.2, -0.15) is 0 Å². The van der Waals surface area contributed by atoms with Crippen molar-refractivity contribution in [1.82, 2.24) is 4.98 Å². The van der Waals surface area contributed by atoms with Crippen molar-refractivity contribution in [1.29, 1.82) is 0 Å². The van der Waals surface area contributed by atoms with Crippen molar-refractivity contribution in [2.45, 2.75) is 6.92 Å². The molecule has 3 heterocycles. The Morgan fingerprint density at radius 3 is 3.00 bits per heavy atom. The maximum Gasteiger partial charge on any atom is 0.127 e. The Labute approximate surface area is 115 Å². The molecule has 0 fully saturated rings. The standard InChI is InChI=1S/C15H13N3S/c1-10-4-2-3-5-12(10)18-9-17-11-8-19-15-14(11)13(18)6-7-16-15/h2-8,17H,9H2,1H3. The lowest BCUT2D eigenvalue weighted by atomic mass is 10.1. The lowest BCUT2D eigenvalue weighted by molar-refractivity contribution is 1.02. The molecule has 0 atom stereocenters. The summed E-state index contributed by atoms with van der Waals surface area (Å²) < 4.78 is 0. The fourth-order valence-electron chi connectivity index (χ4n) is 2.63. The van der Waals surface area contributed by atoms with Crippen LogP contribution in [0.5, 0.6) is 0 Å². The van der Waals surface area contributed by atoms with Crippen LogP contribution in [-0.4, -0.2) is 11.7 Å². The van der Waals surface area contributed by atoms with Crippen LogP contribution in [-0.2, 0) is 0 Å². The van der Waals surface area contributed by atoms with Gasteiger partial charge in [0, 0.05) is 17.3 Å². The SMILES string of the molecule is Cc1ccccc1N1CNc2csc3nccc1c23. The Kier molecular flexibility index (Phi) is 2.26. The van der Waals surface area contributed by atoms with Gasteiger partial charge in [-0.05, 0) is 24.6 Å². The first-order chi connectivity index (χ1) is 9.34. The Bertz CT molecular complexity index is 763. The van der Waals surface area contributed by atoms with Crippen molar-refractivity contribution in [2.24, 2.45) is 0 Å². The number of para-hydroxylation sites is 1. The molecule has 1 N–H and O–H groups in total. The van der Waals surface area contributed by atoms with Gasteiger partial charge in [0.05, 0.1) is 23.4 Å². The maximum atomic E-state index is 4.45. The van der Waals surface area contributed by atoms with E-state index in [9.17, 15) is 0 Å². The molecule has 0 unspecified atom stereocenters. The third kappa shape index (κ3) is 1.53. The number of thiophene rings is 1. The molecule has 1 aliphatic heterocycles. The Balaban J connectivity index is 1.97. The van der Waals surface area contributed by atoms with Gasteiger partial charge < -0.3 is 10.2 Å². The van der Waals surface area contributed by atoms with E-state index >= 15 is 0 Å². The lowest BCUT2D eigenvalue weighted by Gasteiger charge is -2.31. The summed E-state index contributed by atoms with van der Waals surface area (Å²) in [6.07, 6.45) is 1.90. The average Bonchev–Trinajstić information content (AvgIpc) is 2.86. The Morgan fingerprint density at radius 1 is 1.21 bits per heavy atom. The average molecular weight is 267 g/mol. The molecule has 0 aliphatic carbocycles. The van der Waals surface area contributed by atoms with Crippen LogP contribution in [0.4, 0.5) is 17.1 Å².